The second-order valence-electron chi connectivity index (χ2n) is 6.38. The maximum absolute atomic E-state index is 13.0. The van der Waals surface area contributed by atoms with E-state index in [1.54, 1.807) is 19.2 Å². The fourth-order valence-corrected chi connectivity index (χ4v) is 3.81. The average molecular weight is 412 g/mol. The minimum atomic E-state index is -4.50. The van der Waals surface area contributed by atoms with Crippen molar-refractivity contribution in [2.24, 2.45) is 0 Å². The Morgan fingerprint density at radius 3 is 2.50 bits per heavy atom. The number of amides is 2. The van der Waals surface area contributed by atoms with Crippen molar-refractivity contribution in [3.63, 3.8) is 0 Å². The molecular weight excluding hydrogens is 396 g/mol. The first-order valence-electron chi connectivity index (χ1n) is 8.30. The molecule has 0 spiro atoms. The summed E-state index contributed by atoms with van der Waals surface area (Å²) in [6.45, 7) is 0.254. The van der Waals surface area contributed by atoms with Crippen molar-refractivity contribution in [1.82, 2.24) is 4.90 Å². The molecule has 0 saturated carbocycles. The van der Waals surface area contributed by atoms with Crippen molar-refractivity contribution in [2.75, 3.05) is 12.4 Å². The third kappa shape index (κ3) is 4.64. The lowest BCUT2D eigenvalue weighted by molar-refractivity contribution is -0.137. The molecule has 2 aromatic carbocycles. The van der Waals surface area contributed by atoms with Crippen LogP contribution in [0.25, 0.3) is 0 Å². The molecule has 0 aromatic heterocycles. The summed E-state index contributed by atoms with van der Waals surface area (Å²) in [5.74, 6) is -1.19. The van der Waals surface area contributed by atoms with Gasteiger partial charge in [-0.3, -0.25) is 9.59 Å². The number of rotatable bonds is 4. The van der Waals surface area contributed by atoms with Crippen LogP contribution in [0.2, 0.25) is 0 Å². The van der Waals surface area contributed by atoms with Gasteiger partial charge in [0, 0.05) is 24.9 Å². The van der Waals surface area contributed by atoms with Crippen LogP contribution in [-0.4, -0.2) is 29.0 Å². The van der Waals surface area contributed by atoms with Gasteiger partial charge in [-0.05, 0) is 35.9 Å². The second kappa shape index (κ2) is 7.83. The smallest absolute Gasteiger partial charge is 0.341 e. The predicted molar refractivity (Wildman–Crippen MR) is 97.2 cm³/mol. The molecule has 0 fully saturated rings. The van der Waals surface area contributed by atoms with Gasteiger partial charge in [-0.15, -0.1) is 11.8 Å². The first-order valence-corrected chi connectivity index (χ1v) is 9.18. The molecule has 1 aliphatic heterocycles. The van der Waals surface area contributed by atoms with E-state index in [9.17, 15) is 27.2 Å². The minimum absolute atomic E-state index is 0.0909. The Morgan fingerprint density at radius 2 is 1.86 bits per heavy atom. The average Bonchev–Trinajstić information content (AvgIpc) is 2.63. The van der Waals surface area contributed by atoms with Gasteiger partial charge >= 0.3 is 6.18 Å². The molecule has 9 heteroatoms. The molecule has 1 aliphatic rings. The molecule has 28 heavy (non-hydrogen) atoms. The van der Waals surface area contributed by atoms with Crippen molar-refractivity contribution in [3.8, 4) is 0 Å². The van der Waals surface area contributed by atoms with Gasteiger partial charge < -0.3 is 10.2 Å². The van der Waals surface area contributed by atoms with Crippen LogP contribution in [0.4, 0.5) is 23.2 Å². The monoisotopic (exact) mass is 412 g/mol. The Labute approximate surface area is 162 Å². The zero-order chi connectivity index (χ0) is 20.5. The lowest BCUT2D eigenvalue weighted by atomic mass is 10.1. The zero-order valence-corrected chi connectivity index (χ0v) is 15.5. The standard InChI is InChI=1S/C19H16F4N2O2S/c1-25(10-11-2-5-13(20)6-3-11)17(26)9-16-18(27)24-14-8-12(19(21,22)23)4-7-15(14)28-16/h2-8,16H,9-10H2,1H3,(H,24,27). The SMILES string of the molecule is CN(Cc1ccc(F)cc1)C(=O)CC1Sc2ccc(C(F)(F)F)cc2NC1=O. The van der Waals surface area contributed by atoms with E-state index in [0.29, 0.717) is 4.90 Å². The molecule has 2 amide bonds. The van der Waals surface area contributed by atoms with Gasteiger partial charge in [0.05, 0.1) is 16.5 Å². The number of thioether (sulfide) groups is 1. The number of carbonyl (C=O) groups excluding carboxylic acids is 2. The van der Waals surface area contributed by atoms with Crippen LogP contribution >= 0.6 is 11.8 Å². The molecule has 1 heterocycles. The highest BCUT2D eigenvalue weighted by molar-refractivity contribution is 8.01. The van der Waals surface area contributed by atoms with Crippen LogP contribution in [0.15, 0.2) is 47.4 Å². The number of anilines is 1. The van der Waals surface area contributed by atoms with E-state index < -0.39 is 22.9 Å². The number of hydrogen-bond acceptors (Lipinski definition) is 3. The largest absolute Gasteiger partial charge is 0.416 e. The molecule has 148 valence electrons. The summed E-state index contributed by atoms with van der Waals surface area (Å²) in [6.07, 6.45) is -4.60. The van der Waals surface area contributed by atoms with Gasteiger partial charge in [-0.25, -0.2) is 4.39 Å². The summed E-state index contributed by atoms with van der Waals surface area (Å²) in [6, 6.07) is 8.85. The Balaban J connectivity index is 1.65. The third-order valence-corrected chi connectivity index (χ3v) is 5.52. The van der Waals surface area contributed by atoms with E-state index in [1.807, 2.05) is 0 Å². The number of hydrogen-bond donors (Lipinski definition) is 1. The highest BCUT2D eigenvalue weighted by atomic mass is 32.2. The van der Waals surface area contributed by atoms with Gasteiger partial charge in [0.1, 0.15) is 5.82 Å². The number of fused-ring (bicyclic) bond motifs is 1. The number of halogens is 4. The van der Waals surface area contributed by atoms with E-state index >= 15 is 0 Å². The van der Waals surface area contributed by atoms with Crippen molar-refractivity contribution in [3.05, 3.63) is 59.4 Å². The van der Waals surface area contributed by atoms with E-state index in [2.05, 4.69) is 5.32 Å². The van der Waals surface area contributed by atoms with Crippen LogP contribution in [0.3, 0.4) is 0 Å². The molecule has 0 aliphatic carbocycles. The van der Waals surface area contributed by atoms with E-state index in [1.165, 1.54) is 23.1 Å². The van der Waals surface area contributed by atoms with Crippen molar-refractivity contribution < 1.29 is 27.2 Å². The van der Waals surface area contributed by atoms with Gasteiger partial charge in [-0.1, -0.05) is 12.1 Å². The van der Waals surface area contributed by atoms with Crippen LogP contribution < -0.4 is 5.32 Å². The van der Waals surface area contributed by atoms with Gasteiger partial charge in [0.25, 0.3) is 0 Å². The van der Waals surface area contributed by atoms with Gasteiger partial charge in [0.2, 0.25) is 11.8 Å². The van der Waals surface area contributed by atoms with Crippen molar-refractivity contribution >= 4 is 29.3 Å². The minimum Gasteiger partial charge on any atom is -0.341 e. The Hall–Kier alpha value is -2.55. The second-order valence-corrected chi connectivity index (χ2v) is 7.63. The summed E-state index contributed by atoms with van der Waals surface area (Å²) in [4.78, 5) is 26.6. The highest BCUT2D eigenvalue weighted by Crippen LogP contribution is 2.40. The first kappa shape index (κ1) is 20.2. The molecule has 3 rings (SSSR count). The van der Waals surface area contributed by atoms with Gasteiger partial charge in [0.15, 0.2) is 0 Å². The highest BCUT2D eigenvalue weighted by Gasteiger charge is 2.34. The van der Waals surface area contributed by atoms with Crippen LogP contribution in [0.1, 0.15) is 17.5 Å². The van der Waals surface area contributed by atoms with E-state index in [4.69, 9.17) is 0 Å². The zero-order valence-electron chi connectivity index (χ0n) is 14.7. The van der Waals surface area contributed by atoms with Crippen LogP contribution in [-0.2, 0) is 22.3 Å². The van der Waals surface area contributed by atoms with E-state index in [-0.39, 0.29) is 30.4 Å². The number of carbonyl (C=O) groups is 2. The fraction of sp³-hybridized carbons (Fsp3) is 0.263. The molecule has 2 aromatic rings. The molecule has 0 bridgehead atoms. The molecule has 0 saturated heterocycles. The molecular formula is C19H16F4N2O2S. The Bertz CT molecular complexity index is 900. The van der Waals surface area contributed by atoms with E-state index in [0.717, 1.165) is 29.5 Å². The van der Waals surface area contributed by atoms with Crippen molar-refractivity contribution in [1.29, 1.82) is 0 Å². The molecule has 1 N–H and O–H groups in total. The Morgan fingerprint density at radius 1 is 1.18 bits per heavy atom. The van der Waals surface area contributed by atoms with Crippen LogP contribution in [0, 0.1) is 5.82 Å². The number of nitrogens with zero attached hydrogens (tertiary/aromatic N) is 1. The summed E-state index contributed by atoms with van der Waals surface area (Å²) < 4.78 is 51.4. The van der Waals surface area contributed by atoms with Gasteiger partial charge in [-0.2, -0.15) is 13.2 Å². The van der Waals surface area contributed by atoms with Crippen molar-refractivity contribution in [2.45, 2.75) is 29.3 Å². The molecule has 1 unspecified atom stereocenters. The molecule has 4 nitrogen and oxygen atoms in total. The summed E-state index contributed by atoms with van der Waals surface area (Å²) >= 11 is 1.06. The normalized spacial score (nSPS) is 16.3. The topological polar surface area (TPSA) is 49.4 Å². The summed E-state index contributed by atoms with van der Waals surface area (Å²) in [5, 5.41) is 1.71. The third-order valence-electron chi connectivity index (χ3n) is 4.25. The quantitative estimate of drug-likeness (QED) is 0.762. The number of alkyl halides is 3. The predicted octanol–water partition coefficient (Wildman–Crippen LogP) is 4.31. The fourth-order valence-electron chi connectivity index (χ4n) is 2.73. The lowest BCUT2D eigenvalue weighted by Crippen LogP contribution is -2.35. The maximum Gasteiger partial charge on any atom is 0.416 e. The summed E-state index contributed by atoms with van der Waals surface area (Å²) in [5.41, 5.74) is -0.0167. The molecule has 1 atom stereocenters. The summed E-state index contributed by atoms with van der Waals surface area (Å²) in [7, 11) is 1.57. The first-order chi connectivity index (χ1) is 13.1. The van der Waals surface area contributed by atoms with Crippen LogP contribution in [0.5, 0.6) is 0 Å². The maximum atomic E-state index is 13.0. The lowest BCUT2D eigenvalue weighted by Gasteiger charge is -2.26. The number of nitrogens with one attached hydrogen (secondary N) is 1. The molecule has 0 radical (unpaired) electrons. The Kier molecular flexibility index (Phi) is 5.64. The number of benzene rings is 2.